The average Bonchev–Trinajstić information content (AvgIpc) is 2.14. The average molecular weight is 217 g/mol. The zero-order chi connectivity index (χ0) is 11.8. The summed E-state index contributed by atoms with van der Waals surface area (Å²) in [6, 6.07) is -0.594. The van der Waals surface area contributed by atoms with Crippen LogP contribution < -0.4 is 10.6 Å². The molecule has 0 saturated carbocycles. The summed E-state index contributed by atoms with van der Waals surface area (Å²) in [5.41, 5.74) is 0. The summed E-state index contributed by atoms with van der Waals surface area (Å²) < 4.78 is 0. The number of carbonyl (C=O) groups excluding carboxylic acids is 2. The van der Waals surface area contributed by atoms with Crippen molar-refractivity contribution in [2.45, 2.75) is 6.92 Å². The fourth-order valence-electron chi connectivity index (χ4n) is 0.826. The van der Waals surface area contributed by atoms with Crippen LogP contribution in [0.4, 0.5) is 4.79 Å². The van der Waals surface area contributed by atoms with Gasteiger partial charge in [-0.3, -0.25) is 9.59 Å². The third kappa shape index (κ3) is 6.30. The molecule has 0 rings (SSSR count). The van der Waals surface area contributed by atoms with Crippen molar-refractivity contribution >= 4 is 17.9 Å². The number of likely N-dealkylation sites (N-methyl/N-ethyl adjacent to an activating group) is 2. The molecule has 3 N–H and O–H groups in total. The maximum Gasteiger partial charge on any atom is 0.323 e. The molecule has 0 spiro atoms. The van der Waals surface area contributed by atoms with E-state index in [0.717, 1.165) is 4.90 Å². The van der Waals surface area contributed by atoms with Crippen molar-refractivity contribution in [2.24, 2.45) is 0 Å². The molecular formula is C8H15N3O4. The van der Waals surface area contributed by atoms with E-state index in [1.54, 1.807) is 6.92 Å². The molecule has 0 atom stereocenters. The second-order valence-corrected chi connectivity index (χ2v) is 2.86. The number of hydrogen-bond acceptors (Lipinski definition) is 3. The van der Waals surface area contributed by atoms with Gasteiger partial charge >= 0.3 is 12.0 Å². The number of nitrogens with one attached hydrogen (secondary N) is 2. The van der Waals surface area contributed by atoms with Crippen LogP contribution in [0.5, 0.6) is 0 Å². The molecule has 7 heteroatoms. The van der Waals surface area contributed by atoms with Crippen LogP contribution in [0.3, 0.4) is 0 Å². The molecule has 0 aliphatic heterocycles. The number of nitrogens with zero attached hydrogens (tertiary/aromatic N) is 1. The summed E-state index contributed by atoms with van der Waals surface area (Å²) >= 11 is 0. The Morgan fingerprint density at radius 1 is 1.27 bits per heavy atom. The highest BCUT2D eigenvalue weighted by atomic mass is 16.4. The van der Waals surface area contributed by atoms with E-state index in [0.29, 0.717) is 6.54 Å². The number of amides is 3. The van der Waals surface area contributed by atoms with E-state index < -0.39 is 18.5 Å². The Morgan fingerprint density at radius 3 is 2.33 bits per heavy atom. The van der Waals surface area contributed by atoms with Crippen molar-refractivity contribution in [1.82, 2.24) is 15.5 Å². The first kappa shape index (κ1) is 13.2. The van der Waals surface area contributed by atoms with Crippen molar-refractivity contribution in [3.63, 3.8) is 0 Å². The minimum Gasteiger partial charge on any atom is -0.480 e. The van der Waals surface area contributed by atoms with Gasteiger partial charge in [-0.1, -0.05) is 0 Å². The van der Waals surface area contributed by atoms with Crippen LogP contribution in [0.15, 0.2) is 0 Å². The standard InChI is InChI=1S/C8H15N3O4/c1-3-9-6(12)5-11(2)8(15)10-4-7(13)14/h3-5H2,1-2H3,(H,9,12)(H,10,15)(H,13,14). The number of hydrogen-bond donors (Lipinski definition) is 3. The van der Waals surface area contributed by atoms with Gasteiger partial charge in [-0.05, 0) is 6.92 Å². The summed E-state index contributed by atoms with van der Waals surface area (Å²) in [5.74, 6) is -1.42. The van der Waals surface area contributed by atoms with Crippen LogP contribution in [-0.4, -0.2) is 54.6 Å². The molecule has 0 fully saturated rings. The molecule has 0 aliphatic carbocycles. The lowest BCUT2D eigenvalue weighted by atomic mass is 10.5. The Morgan fingerprint density at radius 2 is 1.87 bits per heavy atom. The lowest BCUT2D eigenvalue weighted by Gasteiger charge is -2.16. The predicted molar refractivity (Wildman–Crippen MR) is 52.3 cm³/mol. The Balaban J connectivity index is 3.88. The summed E-state index contributed by atoms with van der Waals surface area (Å²) in [5, 5.41) is 13.0. The number of carboxylic acid groups (broad SMARTS) is 1. The van der Waals surface area contributed by atoms with Gasteiger partial charge in [0.25, 0.3) is 0 Å². The van der Waals surface area contributed by atoms with Gasteiger partial charge in [-0.15, -0.1) is 0 Å². The second kappa shape index (κ2) is 6.63. The van der Waals surface area contributed by atoms with Crippen LogP contribution in [0, 0.1) is 0 Å². The smallest absolute Gasteiger partial charge is 0.323 e. The molecule has 15 heavy (non-hydrogen) atoms. The van der Waals surface area contributed by atoms with Gasteiger partial charge in [0.15, 0.2) is 0 Å². The largest absolute Gasteiger partial charge is 0.480 e. The van der Waals surface area contributed by atoms with Gasteiger partial charge in [-0.25, -0.2) is 4.79 Å². The molecule has 0 aromatic heterocycles. The molecule has 0 heterocycles. The fourth-order valence-corrected chi connectivity index (χ4v) is 0.826. The Labute approximate surface area is 87.4 Å². The molecule has 7 nitrogen and oxygen atoms in total. The van der Waals surface area contributed by atoms with Crippen molar-refractivity contribution < 1.29 is 19.5 Å². The molecular weight excluding hydrogens is 202 g/mol. The summed E-state index contributed by atoms with van der Waals surface area (Å²) in [6.45, 7) is 1.70. The van der Waals surface area contributed by atoms with Crippen LogP contribution in [0.2, 0.25) is 0 Å². The van der Waals surface area contributed by atoms with E-state index in [2.05, 4.69) is 10.6 Å². The molecule has 86 valence electrons. The SMILES string of the molecule is CCNC(=O)CN(C)C(=O)NCC(=O)O. The predicted octanol–water partition coefficient (Wildman–Crippen LogP) is -1.15. The highest BCUT2D eigenvalue weighted by molar-refractivity contribution is 5.85. The van der Waals surface area contributed by atoms with Crippen LogP contribution in [0.25, 0.3) is 0 Å². The van der Waals surface area contributed by atoms with Crippen molar-refractivity contribution in [3.8, 4) is 0 Å². The zero-order valence-electron chi connectivity index (χ0n) is 8.74. The van der Waals surface area contributed by atoms with Crippen molar-refractivity contribution in [1.29, 1.82) is 0 Å². The Bertz CT molecular complexity index is 254. The third-order valence-electron chi connectivity index (χ3n) is 1.49. The topological polar surface area (TPSA) is 98.7 Å². The van der Waals surface area contributed by atoms with E-state index in [1.807, 2.05) is 0 Å². The van der Waals surface area contributed by atoms with Crippen LogP contribution in [0.1, 0.15) is 6.92 Å². The van der Waals surface area contributed by atoms with Gasteiger partial charge in [0.1, 0.15) is 13.1 Å². The van der Waals surface area contributed by atoms with E-state index in [4.69, 9.17) is 5.11 Å². The van der Waals surface area contributed by atoms with Crippen molar-refractivity contribution in [2.75, 3.05) is 26.7 Å². The van der Waals surface area contributed by atoms with Crippen LogP contribution in [-0.2, 0) is 9.59 Å². The van der Waals surface area contributed by atoms with Crippen molar-refractivity contribution in [3.05, 3.63) is 0 Å². The maximum atomic E-state index is 11.2. The lowest BCUT2D eigenvalue weighted by Crippen LogP contribution is -2.44. The van der Waals surface area contributed by atoms with E-state index in [9.17, 15) is 14.4 Å². The van der Waals surface area contributed by atoms with Gasteiger partial charge in [0.2, 0.25) is 5.91 Å². The Hall–Kier alpha value is -1.79. The second-order valence-electron chi connectivity index (χ2n) is 2.86. The highest BCUT2D eigenvalue weighted by Crippen LogP contribution is 1.83. The molecule has 0 aliphatic rings. The molecule has 0 bridgehead atoms. The van der Waals surface area contributed by atoms with Gasteiger partial charge in [0, 0.05) is 13.6 Å². The summed E-state index contributed by atoms with van der Waals surface area (Å²) in [7, 11) is 1.41. The normalized spacial score (nSPS) is 9.20. The molecule has 0 aromatic carbocycles. The third-order valence-corrected chi connectivity index (χ3v) is 1.49. The highest BCUT2D eigenvalue weighted by Gasteiger charge is 2.12. The minimum atomic E-state index is -1.13. The first-order valence-electron chi connectivity index (χ1n) is 4.44. The number of carboxylic acids is 1. The van der Waals surface area contributed by atoms with Gasteiger partial charge in [0.05, 0.1) is 0 Å². The number of urea groups is 1. The van der Waals surface area contributed by atoms with E-state index in [-0.39, 0.29) is 12.5 Å². The van der Waals surface area contributed by atoms with Gasteiger partial charge in [-0.2, -0.15) is 0 Å². The molecule has 3 amide bonds. The Kier molecular flexibility index (Phi) is 5.84. The molecule has 0 saturated heterocycles. The molecule has 0 radical (unpaired) electrons. The lowest BCUT2D eigenvalue weighted by molar-refractivity contribution is -0.135. The first-order chi connectivity index (χ1) is 6.97. The van der Waals surface area contributed by atoms with Crippen LogP contribution >= 0.6 is 0 Å². The number of aliphatic carboxylic acids is 1. The fraction of sp³-hybridized carbons (Fsp3) is 0.625. The van der Waals surface area contributed by atoms with Gasteiger partial charge < -0.3 is 20.6 Å². The maximum absolute atomic E-state index is 11.2. The summed E-state index contributed by atoms with van der Waals surface area (Å²) in [6.07, 6.45) is 0. The quantitative estimate of drug-likeness (QED) is 0.541. The van der Waals surface area contributed by atoms with E-state index >= 15 is 0 Å². The number of rotatable bonds is 5. The van der Waals surface area contributed by atoms with E-state index in [1.165, 1.54) is 7.05 Å². The summed E-state index contributed by atoms with van der Waals surface area (Å²) in [4.78, 5) is 33.4. The monoisotopic (exact) mass is 217 g/mol. The zero-order valence-corrected chi connectivity index (χ0v) is 8.74. The number of carbonyl (C=O) groups is 3. The first-order valence-corrected chi connectivity index (χ1v) is 4.44. The minimum absolute atomic E-state index is 0.0979. The molecule has 0 aromatic rings. The molecule has 0 unspecified atom stereocenters.